The van der Waals surface area contributed by atoms with Crippen LogP contribution in [0.15, 0.2) is 94.6 Å². The van der Waals surface area contributed by atoms with E-state index in [9.17, 15) is 14.2 Å². The third-order valence-corrected chi connectivity index (χ3v) is 9.25. The minimum atomic E-state index is -3.47. The summed E-state index contributed by atoms with van der Waals surface area (Å²) in [6.07, 6.45) is -0.778. The predicted molar refractivity (Wildman–Crippen MR) is 168 cm³/mol. The van der Waals surface area contributed by atoms with Crippen molar-refractivity contribution in [1.29, 1.82) is 0 Å². The lowest BCUT2D eigenvalue weighted by molar-refractivity contribution is -0.0923. The topological polar surface area (TPSA) is 127 Å². The lowest BCUT2D eigenvalue weighted by Gasteiger charge is -2.37. The molecule has 0 saturated carbocycles. The molecule has 4 aromatic rings. The summed E-state index contributed by atoms with van der Waals surface area (Å²) in [4.78, 5) is 27.1. The van der Waals surface area contributed by atoms with Crippen LogP contribution in [0, 0.1) is 6.92 Å². The van der Waals surface area contributed by atoms with E-state index in [-0.39, 0.29) is 13.0 Å². The number of H-pyrrole nitrogens is 1. The van der Waals surface area contributed by atoms with E-state index in [0.717, 1.165) is 16.7 Å². The molecule has 0 radical (unpaired) electrons. The van der Waals surface area contributed by atoms with E-state index in [2.05, 4.69) is 4.98 Å². The van der Waals surface area contributed by atoms with E-state index >= 15 is 0 Å². The van der Waals surface area contributed by atoms with Crippen LogP contribution in [0.5, 0.6) is 11.5 Å². The molecule has 0 spiro atoms. The Hall–Kier alpha value is -3.99. The van der Waals surface area contributed by atoms with Crippen LogP contribution in [0.2, 0.25) is 0 Å². The Bertz CT molecular complexity index is 1710. The van der Waals surface area contributed by atoms with Crippen LogP contribution in [0.3, 0.4) is 0 Å². The monoisotopic (exact) mass is 636 g/mol. The van der Waals surface area contributed by atoms with E-state index in [0.29, 0.717) is 17.1 Å². The van der Waals surface area contributed by atoms with Gasteiger partial charge in [0.15, 0.2) is 0 Å². The fourth-order valence-corrected chi connectivity index (χ4v) is 6.30. The van der Waals surface area contributed by atoms with Gasteiger partial charge in [-0.1, -0.05) is 54.6 Å². The number of ether oxygens (including phenoxy) is 4. The van der Waals surface area contributed by atoms with E-state index in [1.165, 1.54) is 24.5 Å². The maximum atomic E-state index is 13.0. The molecule has 45 heavy (non-hydrogen) atoms. The van der Waals surface area contributed by atoms with Gasteiger partial charge in [0.05, 0.1) is 26.9 Å². The molecule has 1 fully saturated rings. The molecule has 4 atom stereocenters. The Balaban J connectivity index is 1.59. The lowest BCUT2D eigenvalue weighted by Crippen LogP contribution is -2.38. The highest BCUT2D eigenvalue weighted by Crippen LogP contribution is 2.49. The molecule has 1 aliphatic heterocycles. The van der Waals surface area contributed by atoms with Crippen LogP contribution < -0.4 is 20.7 Å². The molecule has 1 saturated heterocycles. The second-order valence-electron chi connectivity index (χ2n) is 10.8. The quantitative estimate of drug-likeness (QED) is 0.169. The highest BCUT2D eigenvalue weighted by atomic mass is 31.2. The van der Waals surface area contributed by atoms with E-state index in [1.54, 1.807) is 21.1 Å². The first-order valence-corrected chi connectivity index (χ1v) is 16.4. The van der Waals surface area contributed by atoms with Gasteiger partial charge in [-0.15, -0.1) is 0 Å². The van der Waals surface area contributed by atoms with Gasteiger partial charge in [-0.25, -0.2) is 4.79 Å². The van der Waals surface area contributed by atoms with Gasteiger partial charge in [0.25, 0.3) is 5.56 Å². The molecule has 11 nitrogen and oxygen atoms in total. The maximum absolute atomic E-state index is 13.0. The Morgan fingerprint density at radius 2 is 1.44 bits per heavy atom. The Morgan fingerprint density at radius 1 is 0.889 bits per heavy atom. The van der Waals surface area contributed by atoms with Gasteiger partial charge >= 0.3 is 13.3 Å². The molecule has 1 aromatic heterocycles. The third-order valence-electron chi connectivity index (χ3n) is 7.93. The number of hydrogen-bond acceptors (Lipinski definition) is 9. The van der Waals surface area contributed by atoms with Gasteiger partial charge in [0.2, 0.25) is 0 Å². The summed E-state index contributed by atoms with van der Waals surface area (Å²) in [5.74, 6) is 1.37. The van der Waals surface area contributed by atoms with Crippen LogP contribution >= 0.6 is 7.60 Å². The molecule has 3 aromatic carbocycles. The normalized spacial score (nSPS) is 19.6. The molecule has 238 valence electrons. The molecule has 0 aliphatic carbocycles. The Labute approximate surface area is 261 Å². The minimum Gasteiger partial charge on any atom is -0.497 e. The highest BCUT2D eigenvalue weighted by molar-refractivity contribution is 7.52. The highest BCUT2D eigenvalue weighted by Gasteiger charge is 2.44. The summed E-state index contributed by atoms with van der Waals surface area (Å²) < 4.78 is 49.6. The molecule has 0 amide bonds. The number of hydrogen-bond donors (Lipinski definition) is 1. The minimum absolute atomic E-state index is 0.0328. The van der Waals surface area contributed by atoms with Gasteiger partial charge in [-0.3, -0.25) is 18.9 Å². The van der Waals surface area contributed by atoms with Crippen molar-refractivity contribution in [3.8, 4) is 11.5 Å². The number of nitrogens with one attached hydrogen (secondary N) is 1. The van der Waals surface area contributed by atoms with Crippen molar-refractivity contribution in [2.24, 2.45) is 0 Å². The molecule has 1 aliphatic rings. The second kappa shape index (κ2) is 13.6. The van der Waals surface area contributed by atoms with Crippen LogP contribution in [0.1, 0.15) is 34.9 Å². The molecule has 5 rings (SSSR count). The van der Waals surface area contributed by atoms with Crippen molar-refractivity contribution in [1.82, 2.24) is 9.55 Å². The zero-order valence-corrected chi connectivity index (χ0v) is 26.7. The van der Waals surface area contributed by atoms with Gasteiger partial charge in [0.1, 0.15) is 29.4 Å². The number of aromatic amines is 1. The van der Waals surface area contributed by atoms with E-state index in [1.807, 2.05) is 78.9 Å². The van der Waals surface area contributed by atoms with Gasteiger partial charge in [-0.05, 0) is 47.9 Å². The molecular formula is C33H37N2O9P. The van der Waals surface area contributed by atoms with E-state index in [4.69, 9.17) is 28.0 Å². The van der Waals surface area contributed by atoms with Crippen LogP contribution in [0.25, 0.3) is 0 Å². The summed E-state index contributed by atoms with van der Waals surface area (Å²) in [5.41, 5.74) is 0.570. The standard InChI is InChI=1S/C33H37N2O9P/c1-22-20-35(32(37)34-31(22)36)30-19-28(44-45(5,38)41-4)29(43-30)21-42-33(23-9-7-6-8-10-23,24-11-15-26(39-2)16-12-24)25-13-17-27(40-3)18-14-25/h6-18,20,28-30H,19,21H2,1-5H3,(H,34,36,37)/t28-,29+,30+,45?/m0/s1. The summed E-state index contributed by atoms with van der Waals surface area (Å²) >= 11 is 0. The number of benzene rings is 3. The SMILES string of the molecule is COc1ccc(C(OC[C@H]2O[C@@H](n3cc(C)c(=O)[nH]c3=O)C[C@@H]2OP(C)(=O)OC)(c2ccccc2)c2ccc(OC)cc2)cc1. The molecule has 12 heteroatoms. The maximum Gasteiger partial charge on any atom is 0.330 e. The first-order chi connectivity index (χ1) is 21.6. The fraction of sp³-hybridized carbons (Fsp3) is 0.333. The lowest BCUT2D eigenvalue weighted by atomic mass is 9.80. The van der Waals surface area contributed by atoms with Crippen molar-refractivity contribution < 1.29 is 32.6 Å². The average molecular weight is 637 g/mol. The van der Waals surface area contributed by atoms with Crippen LogP contribution in [0.4, 0.5) is 0 Å². The number of aryl methyl sites for hydroxylation is 1. The van der Waals surface area contributed by atoms with Crippen molar-refractivity contribution in [3.05, 3.63) is 128 Å². The van der Waals surface area contributed by atoms with Crippen molar-refractivity contribution >= 4 is 7.60 Å². The average Bonchev–Trinajstić information content (AvgIpc) is 3.45. The summed E-state index contributed by atoms with van der Waals surface area (Å²) in [6.45, 7) is 2.94. The predicted octanol–water partition coefficient (Wildman–Crippen LogP) is 5.01. The number of aromatic nitrogens is 2. The molecule has 0 bridgehead atoms. The zero-order chi connectivity index (χ0) is 32.2. The van der Waals surface area contributed by atoms with Crippen LogP contribution in [-0.2, 0) is 28.7 Å². The summed E-state index contributed by atoms with van der Waals surface area (Å²) in [6, 6.07) is 25.0. The van der Waals surface area contributed by atoms with Gasteiger partial charge in [-0.2, -0.15) is 0 Å². The van der Waals surface area contributed by atoms with Gasteiger partial charge in [0, 0.05) is 32.0 Å². The smallest absolute Gasteiger partial charge is 0.330 e. The van der Waals surface area contributed by atoms with Crippen LogP contribution in [-0.4, -0.2) is 56.4 Å². The van der Waals surface area contributed by atoms with E-state index < -0.39 is 42.9 Å². The largest absolute Gasteiger partial charge is 0.497 e. The zero-order valence-electron chi connectivity index (χ0n) is 25.8. The molecule has 2 heterocycles. The third kappa shape index (κ3) is 6.83. The Kier molecular flexibility index (Phi) is 9.76. The molecular weight excluding hydrogens is 599 g/mol. The fourth-order valence-electron chi connectivity index (χ4n) is 5.50. The van der Waals surface area contributed by atoms with Crippen molar-refractivity contribution in [2.75, 3.05) is 34.6 Å². The van der Waals surface area contributed by atoms with Crippen molar-refractivity contribution in [3.63, 3.8) is 0 Å². The van der Waals surface area contributed by atoms with Gasteiger partial charge < -0.3 is 28.0 Å². The summed E-state index contributed by atoms with van der Waals surface area (Å²) in [7, 11) is 1.05. The summed E-state index contributed by atoms with van der Waals surface area (Å²) in [5, 5.41) is 0. The first kappa shape index (κ1) is 32.4. The number of methoxy groups -OCH3 is 2. The molecule has 1 unspecified atom stereocenters. The second-order valence-corrected chi connectivity index (χ2v) is 12.9. The first-order valence-electron chi connectivity index (χ1n) is 14.4. The molecule has 1 N–H and O–H groups in total. The number of rotatable bonds is 12. The Morgan fingerprint density at radius 3 is 1.98 bits per heavy atom. The number of nitrogens with zero attached hydrogens (tertiary/aromatic N) is 1. The van der Waals surface area contributed by atoms with Crippen molar-refractivity contribution in [2.45, 2.75) is 37.4 Å².